The second-order valence-corrected chi connectivity index (χ2v) is 6.94. The first-order valence-electron chi connectivity index (χ1n) is 9.80. The van der Waals surface area contributed by atoms with E-state index < -0.39 is 10.8 Å². The summed E-state index contributed by atoms with van der Waals surface area (Å²) >= 11 is 0. The van der Waals surface area contributed by atoms with Crippen LogP contribution >= 0.6 is 0 Å². The van der Waals surface area contributed by atoms with Crippen LogP contribution in [0, 0.1) is 10.1 Å². The van der Waals surface area contributed by atoms with Crippen molar-refractivity contribution in [1.82, 2.24) is 10.1 Å². The average Bonchev–Trinajstić information content (AvgIpc) is 3.33. The Kier molecular flexibility index (Phi) is 6.26. The molecule has 1 heterocycles. The van der Waals surface area contributed by atoms with Gasteiger partial charge in [-0.2, -0.15) is 4.98 Å². The molecule has 3 aromatic carbocycles. The molecule has 4 aromatic rings. The largest absolute Gasteiger partial charge is 0.489 e. The average molecular weight is 446 g/mol. The number of hydrogen-bond donors (Lipinski definition) is 1. The highest BCUT2D eigenvalue weighted by Crippen LogP contribution is 2.25. The minimum Gasteiger partial charge on any atom is -0.489 e. The van der Waals surface area contributed by atoms with E-state index in [-0.39, 0.29) is 18.9 Å². The molecule has 0 unspecified atom stereocenters. The first-order valence-corrected chi connectivity index (χ1v) is 9.80. The molecule has 0 atom stereocenters. The monoisotopic (exact) mass is 446 g/mol. The van der Waals surface area contributed by atoms with E-state index in [2.05, 4.69) is 10.1 Å². The van der Waals surface area contributed by atoms with Crippen LogP contribution in [0.2, 0.25) is 0 Å². The highest BCUT2D eigenvalue weighted by atomic mass is 16.6. The van der Waals surface area contributed by atoms with Crippen molar-refractivity contribution in [2.45, 2.75) is 6.61 Å². The van der Waals surface area contributed by atoms with Gasteiger partial charge in [0.1, 0.15) is 18.1 Å². The van der Waals surface area contributed by atoms with Crippen LogP contribution in [0.5, 0.6) is 11.5 Å². The van der Waals surface area contributed by atoms with Crippen LogP contribution < -0.4 is 15.2 Å². The molecule has 10 nitrogen and oxygen atoms in total. The first-order chi connectivity index (χ1) is 16.0. The van der Waals surface area contributed by atoms with Crippen molar-refractivity contribution < 1.29 is 23.7 Å². The predicted octanol–water partition coefficient (Wildman–Crippen LogP) is 3.75. The topological polar surface area (TPSA) is 144 Å². The lowest BCUT2D eigenvalue weighted by atomic mass is 10.1. The number of carbonyl (C=O) groups excluding carboxylic acids is 1. The van der Waals surface area contributed by atoms with E-state index >= 15 is 0 Å². The molecule has 0 fully saturated rings. The number of benzene rings is 3. The third-order valence-corrected chi connectivity index (χ3v) is 4.55. The third-order valence-electron chi connectivity index (χ3n) is 4.55. The number of nitro groups is 1. The lowest BCUT2D eigenvalue weighted by molar-refractivity contribution is -0.384. The lowest BCUT2D eigenvalue weighted by Crippen LogP contribution is -2.19. The molecule has 2 N–H and O–H groups in total. The van der Waals surface area contributed by atoms with Gasteiger partial charge in [0, 0.05) is 23.3 Å². The number of aromatic nitrogens is 2. The van der Waals surface area contributed by atoms with Gasteiger partial charge < -0.3 is 19.7 Å². The van der Waals surface area contributed by atoms with E-state index in [0.29, 0.717) is 28.8 Å². The van der Waals surface area contributed by atoms with Crippen molar-refractivity contribution in [3.05, 3.63) is 88.5 Å². The summed E-state index contributed by atoms with van der Waals surface area (Å²) in [6.07, 6.45) is 0. The lowest BCUT2D eigenvalue weighted by Gasteiger charge is -2.06. The number of non-ortho nitro benzene ring substituents is 1. The van der Waals surface area contributed by atoms with Crippen molar-refractivity contribution in [1.29, 1.82) is 0 Å². The Morgan fingerprint density at radius 1 is 0.970 bits per heavy atom. The van der Waals surface area contributed by atoms with Crippen molar-refractivity contribution >= 4 is 11.6 Å². The Hall–Kier alpha value is -4.73. The maximum Gasteiger partial charge on any atom is 0.269 e. The molecule has 0 saturated carbocycles. The molecule has 1 amide bonds. The van der Waals surface area contributed by atoms with Crippen molar-refractivity contribution in [3.8, 4) is 34.3 Å². The van der Waals surface area contributed by atoms with E-state index in [1.807, 2.05) is 24.3 Å². The Balaban J connectivity index is 1.42. The number of primary amides is 1. The molecule has 0 aliphatic carbocycles. The van der Waals surface area contributed by atoms with Gasteiger partial charge in [0.25, 0.3) is 17.5 Å². The minimum atomic E-state index is -0.553. The fourth-order valence-electron chi connectivity index (χ4n) is 2.94. The van der Waals surface area contributed by atoms with Gasteiger partial charge in [-0.1, -0.05) is 17.3 Å². The van der Waals surface area contributed by atoms with E-state index in [1.165, 1.54) is 12.1 Å². The maximum absolute atomic E-state index is 10.8. The van der Waals surface area contributed by atoms with Gasteiger partial charge in [0.15, 0.2) is 6.61 Å². The van der Waals surface area contributed by atoms with Gasteiger partial charge in [-0.25, -0.2) is 0 Å². The molecular weight excluding hydrogens is 428 g/mol. The molecule has 0 saturated heterocycles. The summed E-state index contributed by atoms with van der Waals surface area (Å²) < 4.78 is 16.4. The molecule has 0 aliphatic rings. The van der Waals surface area contributed by atoms with Crippen LogP contribution in [0.4, 0.5) is 5.69 Å². The van der Waals surface area contributed by atoms with Crippen LogP contribution in [0.25, 0.3) is 22.8 Å². The van der Waals surface area contributed by atoms with E-state index in [0.717, 1.165) is 11.1 Å². The van der Waals surface area contributed by atoms with Crippen molar-refractivity contribution in [2.75, 3.05) is 6.61 Å². The van der Waals surface area contributed by atoms with Gasteiger partial charge in [-0.15, -0.1) is 0 Å². The van der Waals surface area contributed by atoms with Crippen LogP contribution in [0.15, 0.2) is 77.3 Å². The maximum atomic E-state index is 10.8. The fraction of sp³-hybridized carbons (Fsp3) is 0.0870. The Labute approximate surface area is 187 Å². The smallest absolute Gasteiger partial charge is 0.269 e. The minimum absolute atomic E-state index is 0.00405. The van der Waals surface area contributed by atoms with Gasteiger partial charge >= 0.3 is 0 Å². The summed E-state index contributed by atoms with van der Waals surface area (Å²) in [5, 5.41) is 14.8. The third kappa shape index (κ3) is 5.50. The summed E-state index contributed by atoms with van der Waals surface area (Å²) in [7, 11) is 0. The number of nitro benzene ring substituents is 1. The first kappa shape index (κ1) is 21.5. The second-order valence-electron chi connectivity index (χ2n) is 6.94. The van der Waals surface area contributed by atoms with Gasteiger partial charge in [0.05, 0.1) is 4.92 Å². The number of nitrogens with zero attached hydrogens (tertiary/aromatic N) is 3. The number of rotatable bonds is 9. The van der Waals surface area contributed by atoms with E-state index in [9.17, 15) is 14.9 Å². The summed E-state index contributed by atoms with van der Waals surface area (Å²) in [6, 6.07) is 20.2. The Bertz CT molecular complexity index is 1270. The summed E-state index contributed by atoms with van der Waals surface area (Å²) in [6.45, 7) is 0.0648. The van der Waals surface area contributed by atoms with Gasteiger partial charge in [0.2, 0.25) is 5.82 Å². The Morgan fingerprint density at radius 3 is 2.36 bits per heavy atom. The number of carbonyl (C=O) groups is 1. The molecule has 4 rings (SSSR count). The van der Waals surface area contributed by atoms with E-state index in [1.54, 1.807) is 36.4 Å². The van der Waals surface area contributed by atoms with Crippen LogP contribution in [0.1, 0.15) is 5.56 Å². The van der Waals surface area contributed by atoms with E-state index in [4.69, 9.17) is 19.7 Å². The van der Waals surface area contributed by atoms with Crippen molar-refractivity contribution in [3.63, 3.8) is 0 Å². The second kappa shape index (κ2) is 9.60. The van der Waals surface area contributed by atoms with Crippen molar-refractivity contribution in [2.24, 2.45) is 5.73 Å². The number of amides is 1. The van der Waals surface area contributed by atoms with Crippen LogP contribution in [-0.4, -0.2) is 27.6 Å². The van der Waals surface area contributed by atoms with Gasteiger partial charge in [-0.05, 0) is 54.1 Å². The zero-order chi connectivity index (χ0) is 23.2. The normalized spacial score (nSPS) is 10.5. The summed E-state index contributed by atoms with van der Waals surface area (Å²) in [5.74, 6) is 1.22. The Morgan fingerprint density at radius 2 is 1.67 bits per heavy atom. The highest BCUT2D eigenvalue weighted by Gasteiger charge is 2.12. The SMILES string of the molecule is NC(=O)COc1ccc(-c2noc(-c3cccc(COc4ccc([N+](=O)[O-])cc4)c3)n2)cc1. The molecule has 1 aromatic heterocycles. The summed E-state index contributed by atoms with van der Waals surface area (Å²) in [5.41, 5.74) is 7.37. The van der Waals surface area contributed by atoms with Crippen LogP contribution in [-0.2, 0) is 11.4 Å². The summed E-state index contributed by atoms with van der Waals surface area (Å²) in [4.78, 5) is 25.5. The number of nitrogens with two attached hydrogens (primary N) is 1. The number of hydrogen-bond acceptors (Lipinski definition) is 8. The van der Waals surface area contributed by atoms with Gasteiger partial charge in [-0.3, -0.25) is 14.9 Å². The molecule has 166 valence electrons. The van der Waals surface area contributed by atoms with Crippen LogP contribution in [0.3, 0.4) is 0 Å². The molecule has 0 bridgehead atoms. The molecular formula is C23H18N4O6. The molecule has 0 spiro atoms. The zero-order valence-electron chi connectivity index (χ0n) is 17.2. The molecule has 33 heavy (non-hydrogen) atoms. The standard InChI is InChI=1S/C23H18N4O6/c24-21(28)14-32-19-8-4-16(5-9-19)22-25-23(33-26-22)17-3-1-2-15(12-17)13-31-20-10-6-18(7-11-20)27(29)30/h1-12H,13-14H2,(H2,24,28). The number of ether oxygens (including phenoxy) is 2. The quantitative estimate of drug-likeness (QED) is 0.302. The predicted molar refractivity (Wildman–Crippen MR) is 117 cm³/mol. The zero-order valence-corrected chi connectivity index (χ0v) is 17.2. The molecule has 10 heteroatoms. The highest BCUT2D eigenvalue weighted by molar-refractivity contribution is 5.75. The molecule has 0 radical (unpaired) electrons. The molecule has 0 aliphatic heterocycles. The fourth-order valence-corrected chi connectivity index (χ4v) is 2.94.